The summed E-state index contributed by atoms with van der Waals surface area (Å²) in [5, 5.41) is 8.32. The van der Waals surface area contributed by atoms with Crippen molar-refractivity contribution in [2.45, 2.75) is 11.5 Å². The van der Waals surface area contributed by atoms with Gasteiger partial charge in [0.2, 0.25) is 5.08 Å². The molecule has 8 nitrogen and oxygen atoms in total. The number of rotatable bonds is 5. The van der Waals surface area contributed by atoms with Gasteiger partial charge in [0.1, 0.15) is 11.2 Å². The number of hydrogen-bond donors (Lipinski definition) is 4. The molecule has 1 heterocycles. The van der Waals surface area contributed by atoms with Crippen LogP contribution in [0.5, 0.6) is 0 Å². The average molecular weight is 447 g/mol. The maximum atomic E-state index is 11.6. The zero-order valence-corrected chi connectivity index (χ0v) is 17.2. The van der Waals surface area contributed by atoms with Gasteiger partial charge >= 0.3 is 7.60 Å². The topological polar surface area (TPSA) is 151 Å². The summed E-state index contributed by atoms with van der Waals surface area (Å²) in [5.74, 6) is 0. The van der Waals surface area contributed by atoms with Crippen LogP contribution in [0, 0.1) is 0 Å². The van der Waals surface area contributed by atoms with Crippen LogP contribution >= 0.6 is 15.2 Å². The van der Waals surface area contributed by atoms with Gasteiger partial charge in [0, 0.05) is 17.2 Å². The Bertz CT molecular complexity index is 1330. The van der Waals surface area contributed by atoms with E-state index >= 15 is 0 Å². The van der Waals surface area contributed by atoms with Crippen LogP contribution in [0.25, 0.3) is 33.1 Å². The number of para-hydroxylation sites is 1. The Kier molecular flexibility index (Phi) is 5.00. The highest BCUT2D eigenvalue weighted by Crippen LogP contribution is 2.66. The summed E-state index contributed by atoms with van der Waals surface area (Å²) in [7, 11) is -11.4. The Hall–Kier alpha value is -2.28. The van der Waals surface area contributed by atoms with Crippen LogP contribution in [0.4, 0.5) is 0 Å². The average Bonchev–Trinajstić information content (AvgIpc) is 3.04. The van der Waals surface area contributed by atoms with Crippen LogP contribution in [0.15, 0.2) is 71.1 Å². The molecule has 0 spiro atoms. The Balaban J connectivity index is 1.77. The van der Waals surface area contributed by atoms with E-state index in [-0.39, 0.29) is 5.56 Å². The minimum atomic E-state index is -5.78. The van der Waals surface area contributed by atoms with Crippen molar-refractivity contribution in [2.75, 3.05) is 0 Å². The molecule has 0 aliphatic heterocycles. The molecular formula is C20H17O8P2-. The first kappa shape index (κ1) is 21.0. The lowest BCUT2D eigenvalue weighted by Crippen LogP contribution is -2.35. The summed E-state index contributed by atoms with van der Waals surface area (Å²) < 4.78 is 28.9. The van der Waals surface area contributed by atoms with E-state index in [9.17, 15) is 33.8 Å². The van der Waals surface area contributed by atoms with Crippen LogP contribution in [0.1, 0.15) is 5.56 Å². The molecule has 0 saturated heterocycles. The van der Waals surface area contributed by atoms with Gasteiger partial charge in [-0.2, -0.15) is 0 Å². The molecule has 1 aromatic heterocycles. The second-order valence-corrected chi connectivity index (χ2v) is 11.0. The zero-order valence-electron chi connectivity index (χ0n) is 15.4. The van der Waals surface area contributed by atoms with Crippen LogP contribution in [-0.2, 0) is 15.6 Å². The number of aliphatic hydroxyl groups is 1. The lowest BCUT2D eigenvalue weighted by atomic mass is 10.00. The van der Waals surface area contributed by atoms with Crippen LogP contribution in [0.3, 0.4) is 0 Å². The highest BCUT2D eigenvalue weighted by atomic mass is 31.2. The molecule has 0 fully saturated rings. The fourth-order valence-corrected chi connectivity index (χ4v) is 5.50. The van der Waals surface area contributed by atoms with E-state index in [1.807, 2.05) is 30.3 Å². The Morgan fingerprint density at radius 2 is 1.50 bits per heavy atom. The maximum absolute atomic E-state index is 11.6. The van der Waals surface area contributed by atoms with Crippen molar-refractivity contribution in [3.8, 4) is 11.1 Å². The Labute approximate surface area is 170 Å². The van der Waals surface area contributed by atoms with E-state index in [2.05, 4.69) is 0 Å². The number of benzene rings is 3. The first-order valence-corrected chi connectivity index (χ1v) is 12.0. The SMILES string of the molecule is O=P([O-])(O)C(O)(Cc1cccc(-c2ccc3oc4ccccc4c3c2)c1)P(=O)(O)O. The van der Waals surface area contributed by atoms with Gasteiger partial charge in [-0.05, 0) is 34.9 Å². The number of fused-ring (bicyclic) bond motifs is 3. The third-order valence-corrected chi connectivity index (χ3v) is 8.69. The van der Waals surface area contributed by atoms with Gasteiger partial charge in [0.05, 0.1) is 0 Å². The molecule has 4 N–H and O–H groups in total. The summed E-state index contributed by atoms with van der Waals surface area (Å²) in [6, 6.07) is 19.2. The van der Waals surface area contributed by atoms with Crippen LogP contribution < -0.4 is 4.89 Å². The lowest BCUT2D eigenvalue weighted by Gasteiger charge is -2.36. The van der Waals surface area contributed by atoms with Crippen LogP contribution in [-0.4, -0.2) is 24.9 Å². The zero-order chi connectivity index (χ0) is 21.7. The first-order chi connectivity index (χ1) is 14.0. The fourth-order valence-electron chi connectivity index (χ4n) is 3.41. The predicted octanol–water partition coefficient (Wildman–Crippen LogP) is 3.17. The van der Waals surface area contributed by atoms with E-state index in [1.165, 1.54) is 12.1 Å². The van der Waals surface area contributed by atoms with Gasteiger partial charge in [-0.15, -0.1) is 0 Å². The largest absolute Gasteiger partial charge is 0.776 e. The van der Waals surface area contributed by atoms with E-state index in [0.717, 1.165) is 21.9 Å². The maximum Gasteiger partial charge on any atom is 0.365 e. The van der Waals surface area contributed by atoms with Crippen molar-refractivity contribution >= 4 is 37.1 Å². The molecule has 156 valence electrons. The van der Waals surface area contributed by atoms with Gasteiger partial charge in [-0.25, -0.2) is 0 Å². The Morgan fingerprint density at radius 3 is 2.20 bits per heavy atom. The molecule has 0 aliphatic rings. The predicted molar refractivity (Wildman–Crippen MR) is 110 cm³/mol. The quantitative estimate of drug-likeness (QED) is 0.341. The van der Waals surface area contributed by atoms with Crippen molar-refractivity contribution < 1.29 is 38.2 Å². The molecule has 4 aromatic rings. The van der Waals surface area contributed by atoms with Gasteiger partial charge < -0.3 is 33.7 Å². The molecule has 30 heavy (non-hydrogen) atoms. The molecule has 4 rings (SSSR count). The van der Waals surface area contributed by atoms with Gasteiger partial charge in [-0.3, -0.25) is 4.57 Å². The first-order valence-electron chi connectivity index (χ1n) is 8.82. The van der Waals surface area contributed by atoms with Crippen molar-refractivity contribution in [3.05, 3.63) is 72.3 Å². The van der Waals surface area contributed by atoms with E-state index < -0.39 is 26.7 Å². The summed E-state index contributed by atoms with van der Waals surface area (Å²) in [6.07, 6.45) is -0.973. The van der Waals surface area contributed by atoms with Crippen molar-refractivity contribution in [1.29, 1.82) is 0 Å². The minimum Gasteiger partial charge on any atom is -0.776 e. The summed E-state index contributed by atoms with van der Waals surface area (Å²) >= 11 is 0. The number of hydrogen-bond acceptors (Lipinski definition) is 5. The Morgan fingerprint density at radius 1 is 0.833 bits per heavy atom. The minimum absolute atomic E-state index is 0.126. The second-order valence-electron chi connectivity index (χ2n) is 7.03. The molecule has 2 atom stereocenters. The normalized spacial score (nSPS) is 16.4. The molecule has 0 bridgehead atoms. The molecule has 3 aromatic carbocycles. The molecule has 0 amide bonds. The molecule has 0 saturated carbocycles. The van der Waals surface area contributed by atoms with E-state index in [1.54, 1.807) is 24.3 Å². The van der Waals surface area contributed by atoms with Crippen molar-refractivity contribution in [1.82, 2.24) is 0 Å². The molecule has 10 heteroatoms. The van der Waals surface area contributed by atoms with Gasteiger partial charge in [0.15, 0.2) is 7.60 Å². The van der Waals surface area contributed by atoms with Gasteiger partial charge in [-0.1, -0.05) is 48.5 Å². The van der Waals surface area contributed by atoms with E-state index in [0.29, 0.717) is 11.1 Å². The van der Waals surface area contributed by atoms with Gasteiger partial charge in [0.25, 0.3) is 0 Å². The highest BCUT2D eigenvalue weighted by molar-refractivity contribution is 7.71. The lowest BCUT2D eigenvalue weighted by molar-refractivity contribution is -0.206. The van der Waals surface area contributed by atoms with Crippen molar-refractivity contribution in [3.63, 3.8) is 0 Å². The van der Waals surface area contributed by atoms with E-state index in [4.69, 9.17) is 4.42 Å². The summed E-state index contributed by atoms with van der Waals surface area (Å²) in [5.41, 5.74) is 2.94. The monoisotopic (exact) mass is 447 g/mol. The smallest absolute Gasteiger partial charge is 0.365 e. The molecular weight excluding hydrogens is 430 g/mol. The molecule has 2 unspecified atom stereocenters. The third kappa shape index (κ3) is 3.53. The number of furan rings is 1. The third-order valence-electron chi connectivity index (χ3n) is 5.00. The van der Waals surface area contributed by atoms with Crippen molar-refractivity contribution in [2.24, 2.45) is 0 Å². The second kappa shape index (κ2) is 7.15. The fraction of sp³-hybridized carbons (Fsp3) is 0.100. The van der Waals surface area contributed by atoms with Crippen LogP contribution in [0.2, 0.25) is 0 Å². The molecule has 0 aliphatic carbocycles. The summed E-state index contributed by atoms with van der Waals surface area (Å²) in [6.45, 7) is 0. The summed E-state index contributed by atoms with van der Waals surface area (Å²) in [4.78, 5) is 39.5. The molecule has 0 radical (unpaired) electrons. The highest BCUT2D eigenvalue weighted by Gasteiger charge is 2.53. The standard InChI is InChI=1S/C20H18O8P2/c21-20(29(22,23)24,30(25,26)27)12-13-4-3-5-14(10-13)15-8-9-19-17(11-15)16-6-1-2-7-18(16)28-19/h1-11,21H,12H2,(H2,22,23,24)(H2,25,26,27)/p-1.